The first-order valence-corrected chi connectivity index (χ1v) is 13.6. The van der Waals surface area contributed by atoms with Gasteiger partial charge in [-0.25, -0.2) is 0 Å². The van der Waals surface area contributed by atoms with Crippen LogP contribution in [0.5, 0.6) is 0 Å². The first kappa shape index (κ1) is 24.1. The van der Waals surface area contributed by atoms with E-state index >= 15 is 0 Å². The molecule has 1 unspecified atom stereocenters. The summed E-state index contributed by atoms with van der Waals surface area (Å²) in [5.74, 6) is 4.50. The van der Waals surface area contributed by atoms with Crippen LogP contribution in [0.3, 0.4) is 0 Å². The Kier molecular flexibility index (Phi) is 6.74. The Balaban J connectivity index is 1.53. The zero-order valence-electron chi connectivity index (χ0n) is 21.7. The monoisotopic (exact) mass is 440 g/mol. The van der Waals surface area contributed by atoms with Crippen molar-refractivity contribution in [3.05, 3.63) is 23.8 Å². The molecule has 0 aromatic rings. The van der Waals surface area contributed by atoms with Gasteiger partial charge < -0.3 is 4.74 Å². The lowest BCUT2D eigenvalue weighted by atomic mass is 9.46. The number of esters is 1. The van der Waals surface area contributed by atoms with E-state index in [0.717, 1.165) is 30.1 Å². The summed E-state index contributed by atoms with van der Waals surface area (Å²) in [6.45, 7) is 17.9. The van der Waals surface area contributed by atoms with Gasteiger partial charge in [-0.3, -0.25) is 4.79 Å². The largest absolute Gasteiger partial charge is 0.462 e. The minimum atomic E-state index is -0.0982. The van der Waals surface area contributed by atoms with Crippen molar-refractivity contribution in [3.63, 3.8) is 0 Å². The third-order valence-electron chi connectivity index (χ3n) is 11.1. The molecule has 32 heavy (non-hydrogen) atoms. The summed E-state index contributed by atoms with van der Waals surface area (Å²) in [6, 6.07) is 0. The van der Waals surface area contributed by atoms with E-state index < -0.39 is 0 Å². The molecular formula is C30H48O2. The Bertz CT molecular complexity index is 765. The molecule has 0 aromatic carbocycles. The van der Waals surface area contributed by atoms with Crippen molar-refractivity contribution >= 4 is 5.97 Å². The Morgan fingerprint density at radius 3 is 2.56 bits per heavy atom. The molecule has 2 heteroatoms. The topological polar surface area (TPSA) is 26.3 Å². The number of carbonyl (C=O) groups is 1. The number of hydrogen-bond acceptors (Lipinski definition) is 2. The fourth-order valence-electron chi connectivity index (χ4n) is 9.01. The summed E-state index contributed by atoms with van der Waals surface area (Å²) < 4.78 is 6.00. The van der Waals surface area contributed by atoms with Crippen LogP contribution in [0, 0.1) is 46.3 Å². The van der Waals surface area contributed by atoms with Crippen molar-refractivity contribution in [2.24, 2.45) is 46.3 Å². The molecule has 4 aliphatic carbocycles. The first-order chi connectivity index (χ1) is 15.1. The Morgan fingerprint density at radius 1 is 1.12 bits per heavy atom. The van der Waals surface area contributed by atoms with Crippen molar-refractivity contribution in [3.8, 4) is 0 Å². The Morgan fingerprint density at radius 2 is 1.88 bits per heavy atom. The Hall–Kier alpha value is -1.05. The maximum Gasteiger partial charge on any atom is 0.302 e. The maximum absolute atomic E-state index is 11.9. The summed E-state index contributed by atoms with van der Waals surface area (Å²) in [7, 11) is 0. The molecular weight excluding hydrogens is 392 g/mol. The van der Waals surface area contributed by atoms with Gasteiger partial charge in [-0.1, -0.05) is 51.5 Å². The van der Waals surface area contributed by atoms with Crippen molar-refractivity contribution < 1.29 is 9.53 Å². The normalized spacial score (nSPS) is 42.7. The molecule has 0 heterocycles. The lowest BCUT2D eigenvalue weighted by molar-refractivity contribution is -0.162. The van der Waals surface area contributed by atoms with E-state index in [9.17, 15) is 4.79 Å². The third kappa shape index (κ3) is 3.92. The highest BCUT2D eigenvalue weighted by Gasteiger charge is 2.61. The van der Waals surface area contributed by atoms with Crippen LogP contribution in [-0.2, 0) is 9.53 Å². The predicted octanol–water partition coefficient (Wildman–Crippen LogP) is 8.13. The molecule has 0 amide bonds. The van der Waals surface area contributed by atoms with Crippen LogP contribution in [0.4, 0.5) is 0 Å². The van der Waals surface area contributed by atoms with Crippen molar-refractivity contribution in [1.29, 1.82) is 0 Å². The fourth-order valence-corrected chi connectivity index (χ4v) is 9.01. The predicted molar refractivity (Wildman–Crippen MR) is 133 cm³/mol. The number of hydrogen-bond donors (Lipinski definition) is 0. The molecule has 9 atom stereocenters. The summed E-state index contributed by atoms with van der Waals surface area (Å²) in [4.78, 5) is 11.9. The molecule has 0 aromatic heterocycles. The number of rotatable bonds is 6. The zero-order valence-corrected chi connectivity index (χ0v) is 21.7. The van der Waals surface area contributed by atoms with E-state index in [0.29, 0.717) is 17.3 Å². The van der Waals surface area contributed by atoms with Crippen LogP contribution in [-0.4, -0.2) is 12.1 Å². The van der Waals surface area contributed by atoms with Crippen LogP contribution in [0.25, 0.3) is 0 Å². The van der Waals surface area contributed by atoms with E-state index in [1.807, 2.05) is 0 Å². The molecule has 0 aliphatic heterocycles. The number of allylic oxidation sites excluding steroid dienone is 2. The van der Waals surface area contributed by atoms with Crippen LogP contribution < -0.4 is 0 Å². The second-order valence-electron chi connectivity index (χ2n) is 12.6. The molecule has 0 spiro atoms. The fraction of sp³-hybridized carbons (Fsp3) is 0.833. The SMILES string of the molecule is C=C(C)[C@@H](C)CC[C@@H](C)[C@H]1CC[C@H]2[C@@H]3CC=C4CCCC(OC(C)=O)[C@]4(C)[C@H]3CC[C@]12C. The second-order valence-corrected chi connectivity index (χ2v) is 12.6. The molecule has 0 bridgehead atoms. The van der Waals surface area contributed by atoms with Gasteiger partial charge in [0.15, 0.2) is 0 Å². The van der Waals surface area contributed by atoms with E-state index in [1.54, 1.807) is 12.5 Å². The number of carbonyl (C=O) groups excluding carboxylic acids is 1. The molecule has 0 radical (unpaired) electrons. The Labute approximate surface area is 197 Å². The summed E-state index contributed by atoms with van der Waals surface area (Å²) in [5.41, 5.74) is 3.49. The standard InChI is InChI=1S/C30H48O2/c1-19(2)20(3)11-12-21(4)25-15-16-26-24-14-13-23-9-8-10-28(32-22(5)31)30(23,7)27(24)17-18-29(25,26)6/h13,20-21,24-28H,1,8-12,14-18H2,2-7H3/t20-,21+,24-,25+,26-,27-,28?,29+,30-/m0/s1. The van der Waals surface area contributed by atoms with E-state index in [-0.39, 0.29) is 17.5 Å². The van der Waals surface area contributed by atoms with E-state index in [2.05, 4.69) is 47.3 Å². The van der Waals surface area contributed by atoms with Gasteiger partial charge in [0.25, 0.3) is 0 Å². The lowest BCUT2D eigenvalue weighted by Crippen LogP contribution is -2.55. The summed E-state index contributed by atoms with van der Waals surface area (Å²) in [5, 5.41) is 0. The van der Waals surface area contributed by atoms with Crippen LogP contribution in [0.15, 0.2) is 23.8 Å². The van der Waals surface area contributed by atoms with Crippen LogP contribution >= 0.6 is 0 Å². The van der Waals surface area contributed by atoms with Gasteiger partial charge >= 0.3 is 5.97 Å². The average Bonchev–Trinajstić information content (AvgIpc) is 3.09. The average molecular weight is 441 g/mol. The summed E-state index contributed by atoms with van der Waals surface area (Å²) in [6.07, 6.45) is 15.5. The molecule has 3 saturated carbocycles. The number of ether oxygens (including phenoxy) is 1. The smallest absolute Gasteiger partial charge is 0.302 e. The second kappa shape index (κ2) is 8.95. The van der Waals surface area contributed by atoms with Crippen LogP contribution in [0.1, 0.15) is 106 Å². The molecule has 4 rings (SSSR count). The minimum Gasteiger partial charge on any atom is -0.462 e. The third-order valence-corrected chi connectivity index (χ3v) is 11.1. The minimum absolute atomic E-state index is 0.0643. The molecule has 0 saturated heterocycles. The molecule has 4 aliphatic rings. The van der Waals surface area contributed by atoms with Crippen molar-refractivity contribution in [1.82, 2.24) is 0 Å². The highest BCUT2D eigenvalue weighted by molar-refractivity contribution is 5.66. The highest BCUT2D eigenvalue weighted by atomic mass is 16.5. The van der Waals surface area contributed by atoms with E-state index in [4.69, 9.17) is 4.74 Å². The molecule has 0 N–H and O–H groups in total. The molecule has 180 valence electrons. The van der Waals surface area contributed by atoms with Crippen LogP contribution in [0.2, 0.25) is 0 Å². The van der Waals surface area contributed by atoms with Gasteiger partial charge in [0.2, 0.25) is 0 Å². The lowest BCUT2D eigenvalue weighted by Gasteiger charge is -2.59. The van der Waals surface area contributed by atoms with Crippen molar-refractivity contribution in [2.75, 3.05) is 0 Å². The van der Waals surface area contributed by atoms with Gasteiger partial charge in [0.05, 0.1) is 0 Å². The van der Waals surface area contributed by atoms with Gasteiger partial charge in [-0.15, -0.1) is 0 Å². The van der Waals surface area contributed by atoms with Gasteiger partial charge in [0, 0.05) is 12.3 Å². The summed E-state index contributed by atoms with van der Waals surface area (Å²) >= 11 is 0. The maximum atomic E-state index is 11.9. The highest BCUT2D eigenvalue weighted by Crippen LogP contribution is 2.67. The number of fused-ring (bicyclic) bond motifs is 5. The zero-order chi connectivity index (χ0) is 23.3. The first-order valence-electron chi connectivity index (χ1n) is 13.6. The van der Waals surface area contributed by atoms with Gasteiger partial charge in [0.1, 0.15) is 6.10 Å². The van der Waals surface area contributed by atoms with Crippen molar-refractivity contribution in [2.45, 2.75) is 112 Å². The van der Waals surface area contributed by atoms with Gasteiger partial charge in [-0.05, 0) is 112 Å². The van der Waals surface area contributed by atoms with E-state index in [1.165, 1.54) is 63.4 Å². The van der Waals surface area contributed by atoms with Gasteiger partial charge in [-0.2, -0.15) is 0 Å². The quantitative estimate of drug-likeness (QED) is 0.308. The molecule has 2 nitrogen and oxygen atoms in total. The molecule has 3 fully saturated rings.